The van der Waals surface area contributed by atoms with Crippen molar-refractivity contribution >= 4 is 22.6 Å². The van der Waals surface area contributed by atoms with Gasteiger partial charge >= 0.3 is 0 Å². The number of rotatable bonds is 7. The van der Waals surface area contributed by atoms with Crippen LogP contribution in [-0.4, -0.2) is 40.3 Å². The lowest BCUT2D eigenvalue weighted by molar-refractivity contribution is 0.659. The van der Waals surface area contributed by atoms with Crippen molar-refractivity contribution < 1.29 is 4.21 Å². The summed E-state index contributed by atoms with van der Waals surface area (Å²) in [6, 6.07) is 0. The van der Waals surface area contributed by atoms with E-state index in [2.05, 4.69) is 12.2 Å². The van der Waals surface area contributed by atoms with Crippen molar-refractivity contribution in [2.24, 2.45) is 0 Å². The summed E-state index contributed by atoms with van der Waals surface area (Å²) in [5.41, 5.74) is 0. The highest BCUT2D eigenvalue weighted by molar-refractivity contribution is 7.99. The second-order valence-electron chi connectivity index (χ2n) is 2.71. The molecule has 0 saturated carbocycles. The molecule has 2 nitrogen and oxygen atoms in total. The maximum absolute atomic E-state index is 10.9. The van der Waals surface area contributed by atoms with Gasteiger partial charge in [-0.15, -0.1) is 0 Å². The fourth-order valence-corrected chi connectivity index (χ4v) is 1.64. The van der Waals surface area contributed by atoms with E-state index in [0.29, 0.717) is 0 Å². The smallest absolute Gasteiger partial charge is 0.0441 e. The predicted molar refractivity (Wildman–Crippen MR) is 59.4 cm³/mol. The van der Waals surface area contributed by atoms with E-state index in [1.54, 1.807) is 6.26 Å². The Hall–Kier alpha value is 0.460. The molecule has 0 aromatic heterocycles. The van der Waals surface area contributed by atoms with Crippen molar-refractivity contribution in [2.45, 2.75) is 19.1 Å². The molecule has 0 rings (SSSR count). The maximum Gasteiger partial charge on any atom is 0.0441 e. The molecule has 0 aromatic rings. The van der Waals surface area contributed by atoms with Crippen molar-refractivity contribution in [3.05, 3.63) is 0 Å². The number of thioether (sulfide) groups is 1. The first-order valence-electron chi connectivity index (χ1n) is 4.29. The van der Waals surface area contributed by atoms with Crippen LogP contribution in [0, 0.1) is 0 Å². The van der Waals surface area contributed by atoms with Gasteiger partial charge in [0.1, 0.15) is 0 Å². The molecule has 4 heteroatoms. The molecule has 0 bridgehead atoms. The van der Waals surface area contributed by atoms with Crippen LogP contribution in [0.2, 0.25) is 0 Å². The van der Waals surface area contributed by atoms with Crippen LogP contribution in [0.4, 0.5) is 0 Å². The van der Waals surface area contributed by atoms with E-state index in [1.165, 1.54) is 5.75 Å². The van der Waals surface area contributed by atoms with Crippen molar-refractivity contribution in [3.8, 4) is 0 Å². The normalized spacial score (nSPS) is 15.9. The minimum absolute atomic E-state index is 0.275. The van der Waals surface area contributed by atoms with Gasteiger partial charge in [0.25, 0.3) is 0 Å². The van der Waals surface area contributed by atoms with Crippen molar-refractivity contribution in [3.63, 3.8) is 0 Å². The summed E-state index contributed by atoms with van der Waals surface area (Å²) in [6.45, 7) is 6.07. The summed E-state index contributed by atoms with van der Waals surface area (Å²) in [5.74, 6) is 2.33. The van der Waals surface area contributed by atoms with Gasteiger partial charge < -0.3 is 5.32 Å². The molecule has 0 heterocycles. The summed E-state index contributed by atoms with van der Waals surface area (Å²) < 4.78 is 10.9. The zero-order valence-corrected chi connectivity index (χ0v) is 9.76. The van der Waals surface area contributed by atoms with E-state index in [0.717, 1.165) is 18.8 Å². The molecule has 0 spiro atoms. The molecule has 0 aliphatic carbocycles. The monoisotopic (exact) mass is 209 g/mol. The molecule has 2 unspecified atom stereocenters. The van der Waals surface area contributed by atoms with Crippen molar-refractivity contribution in [1.29, 1.82) is 0 Å². The molecule has 0 aliphatic rings. The molecule has 0 saturated heterocycles. The van der Waals surface area contributed by atoms with Gasteiger partial charge in [0.05, 0.1) is 0 Å². The quantitative estimate of drug-likeness (QED) is 0.637. The Kier molecular flexibility index (Phi) is 8.39. The first-order valence-corrected chi connectivity index (χ1v) is 7.06. The van der Waals surface area contributed by atoms with Crippen molar-refractivity contribution in [2.75, 3.05) is 30.9 Å². The second kappa shape index (κ2) is 8.08. The Morgan fingerprint density at radius 2 is 2.25 bits per heavy atom. The Bertz CT molecular complexity index is 130. The maximum atomic E-state index is 10.9. The van der Waals surface area contributed by atoms with Gasteiger partial charge in [-0.1, -0.05) is 6.92 Å². The zero-order valence-electron chi connectivity index (χ0n) is 8.13. The lowest BCUT2D eigenvalue weighted by Crippen LogP contribution is -2.29. The number of hydrogen-bond acceptors (Lipinski definition) is 3. The molecule has 12 heavy (non-hydrogen) atoms. The lowest BCUT2D eigenvalue weighted by atomic mass is 10.5. The van der Waals surface area contributed by atoms with E-state index < -0.39 is 10.8 Å². The summed E-state index contributed by atoms with van der Waals surface area (Å²) >= 11 is 1.93. The largest absolute Gasteiger partial charge is 0.315 e. The lowest BCUT2D eigenvalue weighted by Gasteiger charge is -2.08. The predicted octanol–water partition coefficient (Wildman–Crippen LogP) is 1.10. The van der Waals surface area contributed by atoms with Crippen LogP contribution in [0.3, 0.4) is 0 Å². The summed E-state index contributed by atoms with van der Waals surface area (Å²) in [4.78, 5) is 0. The Morgan fingerprint density at radius 1 is 1.58 bits per heavy atom. The third-order valence-corrected chi connectivity index (χ3v) is 3.83. The van der Waals surface area contributed by atoms with E-state index >= 15 is 0 Å². The molecule has 0 radical (unpaired) electrons. The summed E-state index contributed by atoms with van der Waals surface area (Å²) in [7, 11) is -0.687. The van der Waals surface area contributed by atoms with Crippen LogP contribution in [0.5, 0.6) is 0 Å². The molecule has 0 aliphatic heterocycles. The van der Waals surface area contributed by atoms with Gasteiger partial charge in [0.15, 0.2) is 0 Å². The van der Waals surface area contributed by atoms with Gasteiger partial charge in [-0.05, 0) is 12.7 Å². The standard InChI is InChI=1S/C8H19NOS2/c1-4-11-6-5-9-7-8(2)12(3)10/h8-9H,4-7H2,1-3H3. The summed E-state index contributed by atoms with van der Waals surface area (Å²) in [5, 5.41) is 3.56. The van der Waals surface area contributed by atoms with E-state index in [4.69, 9.17) is 0 Å². The van der Waals surface area contributed by atoms with Crippen LogP contribution in [0.25, 0.3) is 0 Å². The molecule has 0 fully saturated rings. The van der Waals surface area contributed by atoms with E-state index in [-0.39, 0.29) is 5.25 Å². The molecule has 0 aromatic carbocycles. The molecular formula is C8H19NOS2. The number of nitrogens with one attached hydrogen (secondary N) is 1. The zero-order chi connectivity index (χ0) is 9.40. The van der Waals surface area contributed by atoms with Gasteiger partial charge in [0.2, 0.25) is 0 Å². The topological polar surface area (TPSA) is 29.1 Å². The van der Waals surface area contributed by atoms with Gasteiger partial charge in [-0.25, -0.2) is 0 Å². The number of hydrogen-bond donors (Lipinski definition) is 1. The first kappa shape index (κ1) is 12.5. The average Bonchev–Trinajstić information content (AvgIpc) is 2.03. The fraction of sp³-hybridized carbons (Fsp3) is 1.00. The van der Waals surface area contributed by atoms with Crippen molar-refractivity contribution in [1.82, 2.24) is 5.32 Å². The second-order valence-corrected chi connectivity index (χ2v) is 5.91. The van der Waals surface area contributed by atoms with Crippen LogP contribution in [-0.2, 0) is 10.8 Å². The molecular weight excluding hydrogens is 190 g/mol. The van der Waals surface area contributed by atoms with Crippen LogP contribution >= 0.6 is 11.8 Å². The highest BCUT2D eigenvalue weighted by atomic mass is 32.2. The van der Waals surface area contributed by atoms with Gasteiger partial charge in [0, 0.05) is 41.1 Å². The average molecular weight is 209 g/mol. The molecule has 2 atom stereocenters. The molecule has 1 N–H and O–H groups in total. The Balaban J connectivity index is 3.14. The van der Waals surface area contributed by atoms with Gasteiger partial charge in [-0.2, -0.15) is 11.8 Å². The Labute approximate surface area is 82.3 Å². The van der Waals surface area contributed by atoms with Crippen LogP contribution < -0.4 is 5.32 Å². The molecule has 0 amide bonds. The van der Waals surface area contributed by atoms with Gasteiger partial charge in [-0.3, -0.25) is 4.21 Å². The highest BCUT2D eigenvalue weighted by Gasteiger charge is 2.03. The van der Waals surface area contributed by atoms with E-state index in [1.807, 2.05) is 18.7 Å². The summed E-state index contributed by atoms with van der Waals surface area (Å²) in [6.07, 6.45) is 1.76. The van der Waals surface area contributed by atoms with Crippen LogP contribution in [0.15, 0.2) is 0 Å². The van der Waals surface area contributed by atoms with Crippen LogP contribution in [0.1, 0.15) is 13.8 Å². The molecule has 74 valence electrons. The third kappa shape index (κ3) is 7.13. The minimum Gasteiger partial charge on any atom is -0.315 e. The minimum atomic E-state index is -0.687. The Morgan fingerprint density at radius 3 is 2.75 bits per heavy atom. The fourth-order valence-electron chi connectivity index (χ4n) is 0.711. The SMILES string of the molecule is CCSCCNCC(C)S(C)=O. The first-order chi connectivity index (χ1) is 5.68. The third-order valence-electron chi connectivity index (χ3n) is 1.63. The van der Waals surface area contributed by atoms with E-state index in [9.17, 15) is 4.21 Å². The highest BCUT2D eigenvalue weighted by Crippen LogP contribution is 1.95.